The van der Waals surface area contributed by atoms with E-state index in [0.717, 1.165) is 12.8 Å². The maximum Gasteiger partial charge on any atom is 0.111 e. The molecule has 2 rings (SSSR count). The number of hydrogen-bond donors (Lipinski definition) is 1. The lowest BCUT2D eigenvalue weighted by Gasteiger charge is -2.42. The minimum atomic E-state index is -0.350. The van der Waals surface area contributed by atoms with Crippen LogP contribution in [0.5, 0.6) is 0 Å². The van der Waals surface area contributed by atoms with Crippen molar-refractivity contribution in [1.29, 1.82) is 5.26 Å². The van der Waals surface area contributed by atoms with E-state index in [9.17, 15) is 5.26 Å². The van der Waals surface area contributed by atoms with Crippen LogP contribution in [0.3, 0.4) is 0 Å². The molecule has 0 amide bonds. The molecule has 0 aromatic heterocycles. The summed E-state index contributed by atoms with van der Waals surface area (Å²) in [6, 6.07) is 3.06. The standard InChI is InChI=1S/C13H22N2O/c1-12(2)9-13(10-14,7-8-16-12)15-11-5-3-4-6-11/h11,15H,3-9H2,1-2H3. The van der Waals surface area contributed by atoms with Crippen molar-refractivity contribution < 1.29 is 4.74 Å². The summed E-state index contributed by atoms with van der Waals surface area (Å²) in [5.41, 5.74) is -0.518. The largest absolute Gasteiger partial charge is 0.375 e. The molecule has 1 unspecified atom stereocenters. The first-order valence-electron chi connectivity index (χ1n) is 6.38. The van der Waals surface area contributed by atoms with E-state index in [-0.39, 0.29) is 11.1 Å². The van der Waals surface area contributed by atoms with Gasteiger partial charge in [-0.05, 0) is 26.7 Å². The maximum atomic E-state index is 9.47. The molecule has 16 heavy (non-hydrogen) atoms. The molecule has 1 aliphatic carbocycles. The highest BCUT2D eigenvalue weighted by atomic mass is 16.5. The second kappa shape index (κ2) is 4.35. The molecule has 0 spiro atoms. The summed E-state index contributed by atoms with van der Waals surface area (Å²) in [6.45, 7) is 4.85. The summed E-state index contributed by atoms with van der Waals surface area (Å²) in [6.07, 6.45) is 6.68. The fourth-order valence-electron chi connectivity index (χ4n) is 3.08. The summed E-state index contributed by atoms with van der Waals surface area (Å²) in [5, 5.41) is 13.1. The van der Waals surface area contributed by atoms with Crippen molar-refractivity contribution in [2.45, 2.75) is 69.6 Å². The van der Waals surface area contributed by atoms with Crippen molar-refractivity contribution in [2.75, 3.05) is 6.61 Å². The van der Waals surface area contributed by atoms with Gasteiger partial charge in [-0.3, -0.25) is 5.32 Å². The smallest absolute Gasteiger partial charge is 0.111 e. The van der Waals surface area contributed by atoms with Gasteiger partial charge < -0.3 is 4.74 Å². The van der Waals surface area contributed by atoms with E-state index in [4.69, 9.17) is 4.74 Å². The van der Waals surface area contributed by atoms with Crippen molar-refractivity contribution in [2.24, 2.45) is 0 Å². The fraction of sp³-hybridized carbons (Fsp3) is 0.923. The molecule has 1 heterocycles. The third kappa shape index (κ3) is 2.56. The molecule has 0 radical (unpaired) electrons. The van der Waals surface area contributed by atoms with Crippen LogP contribution in [0.25, 0.3) is 0 Å². The highest BCUT2D eigenvalue weighted by Gasteiger charge is 2.42. The van der Waals surface area contributed by atoms with E-state index < -0.39 is 0 Å². The predicted octanol–water partition coefficient (Wildman–Crippen LogP) is 2.37. The van der Waals surface area contributed by atoms with Crippen molar-refractivity contribution in [1.82, 2.24) is 5.32 Å². The van der Waals surface area contributed by atoms with Gasteiger partial charge in [0.15, 0.2) is 0 Å². The minimum Gasteiger partial charge on any atom is -0.375 e. The van der Waals surface area contributed by atoms with E-state index in [1.807, 2.05) is 0 Å². The molecule has 1 atom stereocenters. The molecule has 3 heteroatoms. The lowest BCUT2D eigenvalue weighted by Crippen LogP contribution is -2.56. The Morgan fingerprint density at radius 1 is 1.31 bits per heavy atom. The summed E-state index contributed by atoms with van der Waals surface area (Å²) < 4.78 is 5.70. The zero-order valence-electron chi connectivity index (χ0n) is 10.4. The quantitative estimate of drug-likeness (QED) is 0.780. The molecule has 0 aromatic carbocycles. The summed E-state index contributed by atoms with van der Waals surface area (Å²) in [7, 11) is 0. The summed E-state index contributed by atoms with van der Waals surface area (Å²) in [5.74, 6) is 0. The Kier molecular flexibility index (Phi) is 3.23. The Bertz CT molecular complexity index is 289. The highest BCUT2D eigenvalue weighted by Crippen LogP contribution is 2.33. The molecule has 90 valence electrons. The lowest BCUT2D eigenvalue weighted by molar-refractivity contribution is -0.0776. The Morgan fingerprint density at radius 3 is 2.56 bits per heavy atom. The van der Waals surface area contributed by atoms with Gasteiger partial charge in [0.05, 0.1) is 18.3 Å². The van der Waals surface area contributed by atoms with Crippen LogP contribution in [0.4, 0.5) is 0 Å². The molecule has 1 aliphatic heterocycles. The Balaban J connectivity index is 2.03. The third-order valence-corrected chi connectivity index (χ3v) is 3.80. The number of hydrogen-bond acceptors (Lipinski definition) is 3. The first-order chi connectivity index (χ1) is 7.55. The van der Waals surface area contributed by atoms with E-state index in [0.29, 0.717) is 12.6 Å². The van der Waals surface area contributed by atoms with Gasteiger partial charge in [-0.25, -0.2) is 0 Å². The number of nitrogens with zero attached hydrogens (tertiary/aromatic N) is 1. The SMILES string of the molecule is CC1(C)CC(C#N)(NC2CCCC2)CCO1. The first-order valence-corrected chi connectivity index (χ1v) is 6.38. The highest BCUT2D eigenvalue weighted by molar-refractivity contribution is 5.12. The molecule has 1 saturated heterocycles. The third-order valence-electron chi connectivity index (χ3n) is 3.80. The summed E-state index contributed by atoms with van der Waals surface area (Å²) >= 11 is 0. The van der Waals surface area contributed by atoms with Crippen LogP contribution in [-0.2, 0) is 4.74 Å². The molecule has 0 aromatic rings. The lowest BCUT2D eigenvalue weighted by atomic mass is 9.81. The van der Waals surface area contributed by atoms with Gasteiger partial charge in [0.2, 0.25) is 0 Å². The van der Waals surface area contributed by atoms with Crippen LogP contribution in [0.1, 0.15) is 52.4 Å². The molecule has 1 N–H and O–H groups in total. The van der Waals surface area contributed by atoms with Gasteiger partial charge in [0, 0.05) is 18.9 Å². The van der Waals surface area contributed by atoms with Gasteiger partial charge in [0.1, 0.15) is 5.54 Å². The average molecular weight is 222 g/mol. The number of rotatable bonds is 2. The van der Waals surface area contributed by atoms with E-state index >= 15 is 0 Å². The van der Waals surface area contributed by atoms with Crippen LogP contribution in [0.2, 0.25) is 0 Å². The van der Waals surface area contributed by atoms with Crippen molar-refractivity contribution >= 4 is 0 Å². The number of nitrogens with one attached hydrogen (secondary N) is 1. The van der Waals surface area contributed by atoms with Gasteiger partial charge in [-0.1, -0.05) is 12.8 Å². The molecular weight excluding hydrogens is 200 g/mol. The Hall–Kier alpha value is -0.590. The van der Waals surface area contributed by atoms with Crippen molar-refractivity contribution in [3.63, 3.8) is 0 Å². The van der Waals surface area contributed by atoms with Gasteiger partial charge in [-0.15, -0.1) is 0 Å². The molecule has 0 bridgehead atoms. The van der Waals surface area contributed by atoms with Crippen molar-refractivity contribution in [3.05, 3.63) is 0 Å². The molecule has 1 saturated carbocycles. The maximum absolute atomic E-state index is 9.47. The van der Waals surface area contributed by atoms with Crippen LogP contribution in [0, 0.1) is 11.3 Å². The molecule has 2 fully saturated rings. The van der Waals surface area contributed by atoms with Crippen molar-refractivity contribution in [3.8, 4) is 6.07 Å². The fourth-order valence-corrected chi connectivity index (χ4v) is 3.08. The first kappa shape index (κ1) is 11.9. The van der Waals surface area contributed by atoms with Gasteiger partial charge >= 0.3 is 0 Å². The zero-order valence-corrected chi connectivity index (χ0v) is 10.4. The van der Waals surface area contributed by atoms with Crippen LogP contribution in [-0.4, -0.2) is 23.8 Å². The van der Waals surface area contributed by atoms with Gasteiger partial charge in [-0.2, -0.15) is 5.26 Å². The van der Waals surface area contributed by atoms with Crippen LogP contribution in [0.15, 0.2) is 0 Å². The second-order valence-corrected chi connectivity index (χ2v) is 5.85. The molecule has 2 aliphatic rings. The Labute approximate surface area is 98.2 Å². The summed E-state index contributed by atoms with van der Waals surface area (Å²) in [4.78, 5) is 0. The number of ether oxygens (including phenoxy) is 1. The minimum absolute atomic E-state index is 0.167. The van der Waals surface area contributed by atoms with E-state index in [1.54, 1.807) is 0 Å². The van der Waals surface area contributed by atoms with Gasteiger partial charge in [0.25, 0.3) is 0 Å². The second-order valence-electron chi connectivity index (χ2n) is 5.85. The van der Waals surface area contributed by atoms with Crippen LogP contribution < -0.4 is 5.32 Å². The molecule has 3 nitrogen and oxygen atoms in total. The van der Waals surface area contributed by atoms with E-state index in [1.165, 1.54) is 25.7 Å². The zero-order chi connectivity index (χ0) is 11.6. The topological polar surface area (TPSA) is 45.0 Å². The number of nitriles is 1. The Morgan fingerprint density at radius 2 is 2.00 bits per heavy atom. The predicted molar refractivity (Wildman–Crippen MR) is 63.0 cm³/mol. The molecular formula is C13H22N2O. The normalized spacial score (nSPS) is 34.8. The average Bonchev–Trinajstić information content (AvgIpc) is 2.69. The van der Waals surface area contributed by atoms with Crippen LogP contribution >= 0.6 is 0 Å². The van der Waals surface area contributed by atoms with E-state index in [2.05, 4.69) is 25.2 Å². The monoisotopic (exact) mass is 222 g/mol.